The van der Waals surface area contributed by atoms with Gasteiger partial charge in [0, 0.05) is 11.4 Å². The fourth-order valence-electron chi connectivity index (χ4n) is 6.09. The number of nitrogens with zero attached hydrogens (tertiary/aromatic N) is 2. The largest absolute Gasteiger partial charge is 0.488 e. The van der Waals surface area contributed by atoms with Crippen molar-refractivity contribution in [3.8, 4) is 33.8 Å². The van der Waals surface area contributed by atoms with Gasteiger partial charge in [0.05, 0.1) is 46.8 Å². The van der Waals surface area contributed by atoms with E-state index in [2.05, 4.69) is 0 Å². The molecule has 7 rings (SSSR count). The molecule has 0 fully saturated rings. The molecule has 0 bridgehead atoms. The van der Waals surface area contributed by atoms with Gasteiger partial charge < -0.3 is 20.9 Å². The van der Waals surface area contributed by atoms with E-state index in [1.807, 2.05) is 24.3 Å². The number of imide groups is 2. The first-order chi connectivity index (χ1) is 23.2. The standard InChI is InChI=1S/C38H30N4O6/c1-3-47-33-31(41-35(43)27-15-9-23(19-29(27)37(41)45)21-5-11-25(39)12-6-21)17-18-32(34(33)48-4-2)42-36(44)28-16-10-24(20-30(28)38(42)46)22-7-13-26(40)14-8-22/h5-20H,3-4,39-40H2,1-2H3. The maximum absolute atomic E-state index is 13.9. The van der Waals surface area contributed by atoms with Crippen molar-refractivity contribution in [1.29, 1.82) is 0 Å². The third kappa shape index (κ3) is 4.82. The second-order valence-corrected chi connectivity index (χ2v) is 11.3. The summed E-state index contributed by atoms with van der Waals surface area (Å²) in [6, 6.07) is 27.6. The van der Waals surface area contributed by atoms with Crippen LogP contribution in [0.1, 0.15) is 55.3 Å². The van der Waals surface area contributed by atoms with Crippen LogP contribution >= 0.6 is 0 Å². The maximum atomic E-state index is 13.9. The van der Waals surface area contributed by atoms with E-state index in [9.17, 15) is 19.2 Å². The number of hydrogen-bond acceptors (Lipinski definition) is 8. The lowest BCUT2D eigenvalue weighted by Gasteiger charge is -2.25. The zero-order chi connectivity index (χ0) is 33.7. The highest BCUT2D eigenvalue weighted by Crippen LogP contribution is 2.48. The average Bonchev–Trinajstić information content (AvgIpc) is 3.49. The number of rotatable bonds is 8. The summed E-state index contributed by atoms with van der Waals surface area (Å²) in [6.45, 7) is 3.78. The number of benzene rings is 5. The molecule has 2 aliphatic rings. The zero-order valence-electron chi connectivity index (χ0n) is 26.2. The minimum absolute atomic E-state index is 0.0595. The third-order valence-electron chi connectivity index (χ3n) is 8.39. The van der Waals surface area contributed by atoms with E-state index in [4.69, 9.17) is 20.9 Å². The molecule has 2 aliphatic heterocycles. The SMILES string of the molecule is CCOc1c(N2C(=O)c3ccc(-c4ccc(N)cc4)cc3C2=O)ccc(N2C(=O)c3ccc(-c4ccc(N)cc4)cc3C2=O)c1OCC. The summed E-state index contributed by atoms with van der Waals surface area (Å²) < 4.78 is 12.0. The van der Waals surface area contributed by atoms with Crippen molar-refractivity contribution < 1.29 is 28.7 Å². The van der Waals surface area contributed by atoms with Crippen molar-refractivity contribution in [1.82, 2.24) is 0 Å². The second-order valence-electron chi connectivity index (χ2n) is 11.3. The average molecular weight is 639 g/mol. The summed E-state index contributed by atoms with van der Waals surface area (Å²) >= 11 is 0. The topological polar surface area (TPSA) is 145 Å². The van der Waals surface area contributed by atoms with Crippen LogP contribution in [0.15, 0.2) is 97.1 Å². The first kappa shape index (κ1) is 30.2. The van der Waals surface area contributed by atoms with Crippen LogP contribution in [0.4, 0.5) is 22.7 Å². The summed E-state index contributed by atoms with van der Waals surface area (Å²) in [4.78, 5) is 57.4. The van der Waals surface area contributed by atoms with Gasteiger partial charge in [0.25, 0.3) is 23.6 Å². The van der Waals surface area contributed by atoms with Gasteiger partial charge in [-0.05, 0) is 96.8 Å². The summed E-state index contributed by atoms with van der Waals surface area (Å²) in [5.41, 5.74) is 17.3. The number of ether oxygens (including phenoxy) is 2. The van der Waals surface area contributed by atoms with Gasteiger partial charge in [-0.3, -0.25) is 19.2 Å². The van der Waals surface area contributed by atoms with Gasteiger partial charge in [0.15, 0.2) is 11.5 Å². The predicted molar refractivity (Wildman–Crippen MR) is 184 cm³/mol. The minimum Gasteiger partial charge on any atom is -0.488 e. The molecule has 48 heavy (non-hydrogen) atoms. The Morgan fingerprint density at radius 1 is 0.458 bits per heavy atom. The molecule has 10 nitrogen and oxygen atoms in total. The molecular formula is C38H30N4O6. The van der Waals surface area contributed by atoms with E-state index in [0.29, 0.717) is 11.4 Å². The Hall–Kier alpha value is -6.42. The molecule has 0 radical (unpaired) electrons. The highest BCUT2D eigenvalue weighted by Gasteiger charge is 2.42. The molecule has 238 valence electrons. The van der Waals surface area contributed by atoms with Crippen molar-refractivity contribution in [3.63, 3.8) is 0 Å². The quantitative estimate of drug-likeness (QED) is 0.143. The van der Waals surface area contributed by atoms with E-state index >= 15 is 0 Å². The molecule has 0 atom stereocenters. The second kappa shape index (κ2) is 11.7. The molecule has 2 heterocycles. The normalized spacial score (nSPS) is 13.6. The molecule has 0 aliphatic carbocycles. The third-order valence-corrected chi connectivity index (χ3v) is 8.39. The first-order valence-corrected chi connectivity index (χ1v) is 15.4. The van der Waals surface area contributed by atoms with Crippen LogP contribution in [0.5, 0.6) is 11.5 Å². The fraction of sp³-hybridized carbons (Fsp3) is 0.105. The number of amides is 4. The van der Waals surface area contributed by atoms with Crippen LogP contribution in [-0.4, -0.2) is 36.8 Å². The molecule has 4 amide bonds. The highest BCUT2D eigenvalue weighted by atomic mass is 16.5. The van der Waals surface area contributed by atoms with Crippen LogP contribution in [0.3, 0.4) is 0 Å². The van der Waals surface area contributed by atoms with E-state index in [0.717, 1.165) is 32.1 Å². The lowest BCUT2D eigenvalue weighted by Crippen LogP contribution is -2.32. The van der Waals surface area contributed by atoms with Crippen molar-refractivity contribution in [3.05, 3.63) is 119 Å². The summed E-state index contributed by atoms with van der Waals surface area (Å²) in [7, 11) is 0. The zero-order valence-corrected chi connectivity index (χ0v) is 26.2. The highest BCUT2D eigenvalue weighted by molar-refractivity contribution is 6.37. The molecule has 5 aromatic carbocycles. The van der Waals surface area contributed by atoms with Crippen molar-refractivity contribution in [2.45, 2.75) is 13.8 Å². The van der Waals surface area contributed by atoms with Gasteiger partial charge in [-0.25, -0.2) is 9.80 Å². The van der Waals surface area contributed by atoms with Crippen LogP contribution < -0.4 is 30.7 Å². The van der Waals surface area contributed by atoms with E-state index in [1.165, 1.54) is 12.1 Å². The van der Waals surface area contributed by atoms with Gasteiger partial charge in [-0.2, -0.15) is 0 Å². The lowest BCUT2D eigenvalue weighted by atomic mass is 10.00. The van der Waals surface area contributed by atoms with Crippen molar-refractivity contribution in [2.75, 3.05) is 34.5 Å². The molecule has 0 unspecified atom stereocenters. The smallest absolute Gasteiger partial charge is 0.266 e. The monoisotopic (exact) mass is 638 g/mol. The Balaban J connectivity index is 1.28. The summed E-state index contributed by atoms with van der Waals surface area (Å²) in [5.74, 6) is -2.04. The van der Waals surface area contributed by atoms with E-state index in [-0.39, 0.29) is 58.3 Å². The maximum Gasteiger partial charge on any atom is 0.266 e. The minimum atomic E-state index is -0.542. The van der Waals surface area contributed by atoms with Crippen molar-refractivity contribution >= 4 is 46.4 Å². The van der Waals surface area contributed by atoms with Crippen molar-refractivity contribution in [2.24, 2.45) is 0 Å². The molecular weight excluding hydrogens is 608 g/mol. The number of carbonyl (C=O) groups excluding carboxylic acids is 4. The Labute approximate surface area is 276 Å². The number of anilines is 4. The lowest BCUT2D eigenvalue weighted by molar-refractivity contribution is 0.0907. The number of carbonyl (C=O) groups is 4. The van der Waals surface area contributed by atoms with Crippen LogP contribution in [0.2, 0.25) is 0 Å². The van der Waals surface area contributed by atoms with E-state index < -0.39 is 23.6 Å². The van der Waals surface area contributed by atoms with Gasteiger partial charge >= 0.3 is 0 Å². The Kier molecular flexibility index (Phi) is 7.40. The van der Waals surface area contributed by atoms with Gasteiger partial charge in [-0.15, -0.1) is 0 Å². The summed E-state index contributed by atoms with van der Waals surface area (Å²) in [6.07, 6.45) is 0. The molecule has 0 spiro atoms. The predicted octanol–water partition coefficient (Wildman–Crippen LogP) is 6.58. The van der Waals surface area contributed by atoms with E-state index in [1.54, 1.807) is 74.5 Å². The number of nitrogen functional groups attached to an aromatic ring is 2. The Bertz CT molecular complexity index is 2000. The van der Waals surface area contributed by atoms with Gasteiger partial charge in [0.2, 0.25) is 0 Å². The molecule has 0 aromatic heterocycles. The molecule has 5 aromatic rings. The summed E-state index contributed by atoms with van der Waals surface area (Å²) in [5, 5.41) is 0. The van der Waals surface area contributed by atoms with Crippen LogP contribution in [0.25, 0.3) is 22.3 Å². The van der Waals surface area contributed by atoms with Gasteiger partial charge in [0.1, 0.15) is 0 Å². The Morgan fingerprint density at radius 2 is 0.792 bits per heavy atom. The number of nitrogens with two attached hydrogens (primary N) is 2. The first-order valence-electron chi connectivity index (χ1n) is 15.4. The molecule has 0 saturated carbocycles. The van der Waals surface area contributed by atoms with Crippen LogP contribution in [-0.2, 0) is 0 Å². The number of hydrogen-bond donors (Lipinski definition) is 2. The Morgan fingerprint density at radius 3 is 1.15 bits per heavy atom. The molecule has 0 saturated heterocycles. The fourth-order valence-corrected chi connectivity index (χ4v) is 6.09. The number of fused-ring (bicyclic) bond motifs is 2. The van der Waals surface area contributed by atoms with Gasteiger partial charge in [-0.1, -0.05) is 36.4 Å². The molecule has 4 N–H and O–H groups in total. The van der Waals surface area contributed by atoms with Crippen LogP contribution in [0, 0.1) is 0 Å². The molecule has 10 heteroatoms.